The van der Waals surface area contributed by atoms with Crippen molar-refractivity contribution in [3.8, 4) is 6.07 Å². The summed E-state index contributed by atoms with van der Waals surface area (Å²) in [7, 11) is -3.66. The van der Waals surface area contributed by atoms with E-state index < -0.39 is 10.0 Å². The zero-order valence-electron chi connectivity index (χ0n) is 11.5. The van der Waals surface area contributed by atoms with Gasteiger partial charge in [-0.05, 0) is 36.5 Å². The van der Waals surface area contributed by atoms with Gasteiger partial charge in [-0.1, -0.05) is 31.9 Å². The molecule has 4 nitrogen and oxygen atoms in total. The lowest BCUT2D eigenvalue weighted by molar-refractivity contribution is 0.313. The van der Waals surface area contributed by atoms with E-state index in [1.807, 2.05) is 6.07 Å². The number of nitriles is 1. The van der Waals surface area contributed by atoms with Crippen molar-refractivity contribution < 1.29 is 8.42 Å². The predicted octanol–water partition coefficient (Wildman–Crippen LogP) is 3.07. The minimum absolute atomic E-state index is 0.0286. The van der Waals surface area contributed by atoms with E-state index in [1.165, 1.54) is 18.2 Å². The third-order valence-electron chi connectivity index (χ3n) is 3.91. The maximum Gasteiger partial charge on any atom is 0.242 e. The van der Waals surface area contributed by atoms with Gasteiger partial charge < -0.3 is 0 Å². The molecule has 1 aromatic carbocycles. The van der Waals surface area contributed by atoms with Crippen molar-refractivity contribution >= 4 is 21.6 Å². The summed E-state index contributed by atoms with van der Waals surface area (Å²) in [6.07, 6.45) is 2.85. The van der Waals surface area contributed by atoms with E-state index in [1.54, 1.807) is 0 Å². The molecule has 0 heterocycles. The molecule has 0 spiro atoms. The third kappa shape index (κ3) is 2.98. The smallest absolute Gasteiger partial charge is 0.207 e. The van der Waals surface area contributed by atoms with Crippen LogP contribution in [0.15, 0.2) is 23.1 Å². The Labute approximate surface area is 124 Å². The predicted molar refractivity (Wildman–Crippen MR) is 77.9 cm³/mol. The van der Waals surface area contributed by atoms with Crippen molar-refractivity contribution in [2.75, 3.05) is 0 Å². The lowest BCUT2D eigenvalue weighted by atomic mass is 9.88. The Morgan fingerprint density at radius 1 is 1.45 bits per heavy atom. The first-order valence-electron chi connectivity index (χ1n) is 6.48. The average Bonchev–Trinajstić information content (AvgIpc) is 2.67. The second-order valence-electron chi connectivity index (χ2n) is 5.81. The van der Waals surface area contributed by atoms with Gasteiger partial charge in [0.2, 0.25) is 10.0 Å². The first-order valence-corrected chi connectivity index (χ1v) is 8.34. The van der Waals surface area contributed by atoms with E-state index in [4.69, 9.17) is 16.9 Å². The molecule has 1 saturated carbocycles. The second kappa shape index (κ2) is 5.36. The van der Waals surface area contributed by atoms with Crippen molar-refractivity contribution in [1.29, 1.82) is 5.26 Å². The number of benzene rings is 1. The standard InChI is InChI=1S/C14H17ClN2O2S/c1-14(2)7-3-4-13(14)17-20(18,19)12-6-5-10(9-16)8-11(12)15/h5-6,8,13,17H,3-4,7H2,1-2H3. The molecule has 1 aliphatic rings. The fourth-order valence-electron chi connectivity index (χ4n) is 2.58. The Bertz CT molecular complexity index is 662. The van der Waals surface area contributed by atoms with Gasteiger partial charge in [-0.25, -0.2) is 13.1 Å². The Kier molecular flexibility index (Phi) is 4.10. The number of nitrogens with zero attached hydrogens (tertiary/aromatic N) is 1. The highest BCUT2D eigenvalue weighted by Crippen LogP contribution is 2.38. The average molecular weight is 313 g/mol. The largest absolute Gasteiger partial charge is 0.242 e. The first-order chi connectivity index (χ1) is 9.26. The summed E-state index contributed by atoms with van der Waals surface area (Å²) in [5, 5.41) is 8.86. The molecule has 108 valence electrons. The summed E-state index contributed by atoms with van der Waals surface area (Å²) in [6, 6.07) is 6.06. The number of halogens is 1. The van der Waals surface area contributed by atoms with Crippen LogP contribution in [-0.2, 0) is 10.0 Å². The summed E-state index contributed by atoms with van der Waals surface area (Å²) >= 11 is 5.98. The van der Waals surface area contributed by atoms with Gasteiger partial charge in [0.1, 0.15) is 4.90 Å². The highest BCUT2D eigenvalue weighted by Gasteiger charge is 2.37. The number of sulfonamides is 1. The summed E-state index contributed by atoms with van der Waals surface area (Å²) < 4.78 is 27.6. The van der Waals surface area contributed by atoms with Crippen LogP contribution in [0.4, 0.5) is 0 Å². The van der Waals surface area contributed by atoms with Crippen LogP contribution in [0.25, 0.3) is 0 Å². The summed E-state index contributed by atoms with van der Waals surface area (Å²) in [6.45, 7) is 4.13. The molecule has 0 bridgehead atoms. The molecular weight excluding hydrogens is 296 g/mol. The zero-order chi connectivity index (χ0) is 15.0. The van der Waals surface area contributed by atoms with Crippen LogP contribution < -0.4 is 4.72 Å². The number of rotatable bonds is 3. The molecule has 1 unspecified atom stereocenters. The first kappa shape index (κ1) is 15.3. The fraction of sp³-hybridized carbons (Fsp3) is 0.500. The van der Waals surface area contributed by atoms with Crippen LogP contribution in [0.3, 0.4) is 0 Å². The molecule has 0 aromatic heterocycles. The van der Waals surface area contributed by atoms with Crippen LogP contribution in [0.1, 0.15) is 38.7 Å². The second-order valence-corrected chi connectivity index (χ2v) is 7.90. The number of hydrogen-bond donors (Lipinski definition) is 1. The highest BCUT2D eigenvalue weighted by molar-refractivity contribution is 7.89. The molecule has 0 amide bonds. The van der Waals surface area contributed by atoms with E-state index >= 15 is 0 Å². The van der Waals surface area contributed by atoms with Gasteiger partial charge in [0.25, 0.3) is 0 Å². The van der Waals surface area contributed by atoms with E-state index in [2.05, 4.69) is 18.6 Å². The minimum atomic E-state index is -3.66. The summed E-state index contributed by atoms with van der Waals surface area (Å²) in [4.78, 5) is 0.0286. The Morgan fingerprint density at radius 2 is 2.15 bits per heavy atom. The normalized spacial score (nSPS) is 21.6. The SMILES string of the molecule is CC1(C)CCCC1NS(=O)(=O)c1ccc(C#N)cc1Cl. The van der Waals surface area contributed by atoms with Crippen molar-refractivity contribution in [2.45, 2.75) is 44.0 Å². The van der Waals surface area contributed by atoms with Gasteiger partial charge in [0.05, 0.1) is 16.7 Å². The molecular formula is C14H17ClN2O2S. The van der Waals surface area contributed by atoms with Crippen LogP contribution in [-0.4, -0.2) is 14.5 Å². The lowest BCUT2D eigenvalue weighted by Gasteiger charge is -2.27. The Balaban J connectivity index is 2.30. The molecule has 0 saturated heterocycles. The Morgan fingerprint density at radius 3 is 2.65 bits per heavy atom. The van der Waals surface area contributed by atoms with Crippen molar-refractivity contribution in [3.63, 3.8) is 0 Å². The lowest BCUT2D eigenvalue weighted by Crippen LogP contribution is -2.41. The van der Waals surface area contributed by atoms with E-state index in [-0.39, 0.29) is 21.4 Å². The van der Waals surface area contributed by atoms with Crippen LogP contribution in [0, 0.1) is 16.7 Å². The highest BCUT2D eigenvalue weighted by atomic mass is 35.5. The maximum atomic E-state index is 12.4. The van der Waals surface area contributed by atoms with Crippen LogP contribution in [0.5, 0.6) is 0 Å². The molecule has 6 heteroatoms. The quantitative estimate of drug-likeness (QED) is 0.932. The van der Waals surface area contributed by atoms with Crippen molar-refractivity contribution in [1.82, 2.24) is 4.72 Å². The molecule has 0 aliphatic heterocycles. The third-order valence-corrected chi connectivity index (χ3v) is 5.86. The van der Waals surface area contributed by atoms with Gasteiger partial charge in [0.15, 0.2) is 0 Å². The van der Waals surface area contributed by atoms with E-state index in [0.717, 1.165) is 19.3 Å². The van der Waals surface area contributed by atoms with Gasteiger partial charge in [-0.2, -0.15) is 5.26 Å². The van der Waals surface area contributed by atoms with Gasteiger partial charge in [0, 0.05) is 6.04 Å². The molecule has 1 fully saturated rings. The topological polar surface area (TPSA) is 70.0 Å². The van der Waals surface area contributed by atoms with Crippen molar-refractivity contribution in [3.05, 3.63) is 28.8 Å². The molecule has 2 rings (SSSR count). The van der Waals surface area contributed by atoms with E-state index in [9.17, 15) is 8.42 Å². The minimum Gasteiger partial charge on any atom is -0.207 e. The number of nitrogens with one attached hydrogen (secondary N) is 1. The van der Waals surface area contributed by atoms with Gasteiger partial charge >= 0.3 is 0 Å². The van der Waals surface area contributed by atoms with Crippen LogP contribution >= 0.6 is 11.6 Å². The Hall–Kier alpha value is -1.09. The van der Waals surface area contributed by atoms with Gasteiger partial charge in [-0.3, -0.25) is 0 Å². The number of hydrogen-bond acceptors (Lipinski definition) is 3. The molecule has 1 aliphatic carbocycles. The fourth-order valence-corrected chi connectivity index (χ4v) is 4.57. The zero-order valence-corrected chi connectivity index (χ0v) is 13.1. The molecule has 20 heavy (non-hydrogen) atoms. The molecule has 1 atom stereocenters. The van der Waals surface area contributed by atoms with Crippen molar-refractivity contribution in [2.24, 2.45) is 5.41 Å². The molecule has 1 N–H and O–H groups in total. The maximum absolute atomic E-state index is 12.4. The summed E-state index contributed by atoms with van der Waals surface area (Å²) in [5.41, 5.74) is 0.293. The monoisotopic (exact) mass is 312 g/mol. The van der Waals surface area contributed by atoms with Crippen LogP contribution in [0.2, 0.25) is 5.02 Å². The molecule has 1 aromatic rings. The summed E-state index contributed by atoms with van der Waals surface area (Å²) in [5.74, 6) is 0. The van der Waals surface area contributed by atoms with E-state index in [0.29, 0.717) is 5.56 Å². The van der Waals surface area contributed by atoms with Gasteiger partial charge in [-0.15, -0.1) is 0 Å². The molecule has 0 radical (unpaired) electrons.